The molecule has 0 aromatic heterocycles. The van der Waals surface area contributed by atoms with E-state index < -0.39 is 0 Å². The van der Waals surface area contributed by atoms with Gasteiger partial charge in [0.1, 0.15) is 0 Å². The van der Waals surface area contributed by atoms with Gasteiger partial charge in [0, 0.05) is 31.9 Å². The fourth-order valence-electron chi connectivity index (χ4n) is 0.549. The van der Waals surface area contributed by atoms with Crippen molar-refractivity contribution in [2.24, 2.45) is 0 Å². The van der Waals surface area contributed by atoms with Crippen LogP contribution in [0.3, 0.4) is 0 Å². The Morgan fingerprint density at radius 3 is 2.60 bits per heavy atom. The second-order valence-corrected chi connectivity index (χ2v) is 1.91. The Kier molecular flexibility index (Phi) is 2.77. The van der Waals surface area contributed by atoms with Crippen LogP contribution < -0.4 is 8.37 Å². The van der Waals surface area contributed by atoms with Crippen LogP contribution in [0.4, 0.5) is 0 Å². The third-order valence-electron chi connectivity index (χ3n) is 0.972. The highest BCUT2D eigenvalue weighted by Gasteiger charge is 2.00. The zero-order valence-corrected chi connectivity index (χ0v) is 6.73. The molecule has 1 rings (SSSR count). The molecule has 0 spiro atoms. The Balaban J connectivity index is 2.96. The van der Waals surface area contributed by atoms with Crippen LogP contribution in [-0.2, 0) is 0 Å². The maximum absolute atomic E-state index is 4.63. The molecule has 0 atom stereocenters. The molecule has 0 amide bonds. The monoisotopic (exact) mass is 173 g/mol. The first-order valence-corrected chi connectivity index (χ1v) is 3.25. The smallest absolute Gasteiger partial charge is 0.188 e. The van der Waals surface area contributed by atoms with Crippen LogP contribution in [0.15, 0.2) is 18.2 Å². The molecule has 0 saturated carbocycles. The SMILES string of the molecule is SOc1[c]cccc1OS. The summed E-state index contributed by atoms with van der Waals surface area (Å²) in [6.45, 7) is 0. The average molecular weight is 173 g/mol. The quantitative estimate of drug-likeness (QED) is 0.526. The number of benzene rings is 1. The molecule has 0 heterocycles. The van der Waals surface area contributed by atoms with E-state index in [1.807, 2.05) is 0 Å². The van der Waals surface area contributed by atoms with Gasteiger partial charge in [0.2, 0.25) is 0 Å². The van der Waals surface area contributed by atoms with E-state index in [2.05, 4.69) is 40.3 Å². The van der Waals surface area contributed by atoms with Crippen molar-refractivity contribution in [1.29, 1.82) is 0 Å². The maximum atomic E-state index is 4.63. The van der Waals surface area contributed by atoms with E-state index in [1.165, 1.54) is 0 Å². The number of para-hydroxylation sites is 1. The van der Waals surface area contributed by atoms with Crippen molar-refractivity contribution >= 4 is 25.8 Å². The van der Waals surface area contributed by atoms with Gasteiger partial charge < -0.3 is 8.37 Å². The lowest BCUT2D eigenvalue weighted by Crippen LogP contribution is -1.80. The number of thiol groups is 2. The summed E-state index contributed by atoms with van der Waals surface area (Å²) in [5.74, 6) is 0.932. The Hall–Kier alpha value is -0.480. The minimum absolute atomic E-state index is 0.431. The van der Waals surface area contributed by atoms with Gasteiger partial charge >= 0.3 is 0 Å². The van der Waals surface area contributed by atoms with E-state index in [-0.39, 0.29) is 0 Å². The fourth-order valence-corrected chi connectivity index (χ4v) is 0.836. The maximum Gasteiger partial charge on any atom is 0.188 e. The minimum atomic E-state index is 0.431. The van der Waals surface area contributed by atoms with E-state index in [1.54, 1.807) is 18.2 Å². The molecule has 0 N–H and O–H groups in total. The van der Waals surface area contributed by atoms with Gasteiger partial charge in [-0.25, -0.2) is 0 Å². The second kappa shape index (κ2) is 3.63. The van der Waals surface area contributed by atoms with Crippen LogP contribution in [0.1, 0.15) is 0 Å². The molecule has 53 valence electrons. The van der Waals surface area contributed by atoms with E-state index in [0.29, 0.717) is 11.5 Å². The van der Waals surface area contributed by atoms with E-state index in [9.17, 15) is 0 Å². The van der Waals surface area contributed by atoms with Gasteiger partial charge in [0.15, 0.2) is 11.5 Å². The van der Waals surface area contributed by atoms with Crippen LogP contribution in [0.5, 0.6) is 11.5 Å². The Bertz CT molecular complexity index is 192. The van der Waals surface area contributed by atoms with E-state index in [0.717, 1.165) is 0 Å². The molecule has 0 saturated heterocycles. The third-order valence-corrected chi connectivity index (χ3v) is 1.35. The Labute approximate surface area is 70.4 Å². The summed E-state index contributed by atoms with van der Waals surface area (Å²) in [4.78, 5) is 0. The molecule has 4 heteroatoms. The molecule has 2 nitrogen and oxygen atoms in total. The van der Waals surface area contributed by atoms with Crippen LogP contribution in [0, 0.1) is 6.07 Å². The van der Waals surface area contributed by atoms with E-state index in [4.69, 9.17) is 0 Å². The van der Waals surface area contributed by atoms with Gasteiger partial charge in [-0.15, -0.1) is 0 Å². The molecule has 0 unspecified atom stereocenters. The molecule has 0 aliphatic heterocycles. The van der Waals surface area contributed by atoms with Gasteiger partial charge in [-0.1, -0.05) is 12.1 Å². The largest absolute Gasteiger partial charge is 0.425 e. The van der Waals surface area contributed by atoms with Crippen molar-refractivity contribution in [3.63, 3.8) is 0 Å². The molecule has 0 aliphatic rings. The van der Waals surface area contributed by atoms with Crippen molar-refractivity contribution in [3.05, 3.63) is 24.3 Å². The van der Waals surface area contributed by atoms with Crippen LogP contribution >= 0.6 is 25.8 Å². The minimum Gasteiger partial charge on any atom is -0.425 e. The molecular weight excluding hydrogens is 168 g/mol. The zero-order valence-electron chi connectivity index (χ0n) is 4.94. The Morgan fingerprint density at radius 1 is 1.30 bits per heavy atom. The number of rotatable bonds is 2. The summed E-state index contributed by atoms with van der Waals surface area (Å²) in [7, 11) is 0. The lowest BCUT2D eigenvalue weighted by molar-refractivity contribution is 0.580. The van der Waals surface area contributed by atoms with Crippen LogP contribution in [0.25, 0.3) is 0 Å². The molecule has 0 fully saturated rings. The highest BCUT2D eigenvalue weighted by molar-refractivity contribution is 7.75. The van der Waals surface area contributed by atoms with Crippen molar-refractivity contribution in [1.82, 2.24) is 0 Å². The molecule has 0 bridgehead atoms. The summed E-state index contributed by atoms with van der Waals surface area (Å²) in [5, 5.41) is 0. The topological polar surface area (TPSA) is 18.5 Å². The highest BCUT2D eigenvalue weighted by atomic mass is 32.1. The molecule has 1 aromatic rings. The summed E-state index contributed by atoms with van der Waals surface area (Å²) < 4.78 is 9.23. The van der Waals surface area contributed by atoms with Crippen molar-refractivity contribution in [3.8, 4) is 11.5 Å². The predicted octanol–water partition coefficient (Wildman–Crippen LogP) is 1.93. The zero-order chi connectivity index (χ0) is 7.40. The molecule has 0 aliphatic carbocycles. The Morgan fingerprint density at radius 2 is 2.10 bits per heavy atom. The molecule has 10 heavy (non-hydrogen) atoms. The van der Waals surface area contributed by atoms with Gasteiger partial charge in [-0.3, -0.25) is 0 Å². The normalized spacial score (nSPS) is 9.00. The molecular formula is C6H5O2S2. The number of hydrogen-bond acceptors (Lipinski definition) is 4. The summed E-state index contributed by atoms with van der Waals surface area (Å²) >= 11 is 7.19. The van der Waals surface area contributed by atoms with Crippen LogP contribution in [-0.4, -0.2) is 0 Å². The lowest BCUT2D eigenvalue weighted by atomic mass is 10.3. The second-order valence-electron chi connectivity index (χ2n) is 1.55. The fraction of sp³-hybridized carbons (Fsp3) is 0. The number of hydrogen-bond donors (Lipinski definition) is 2. The van der Waals surface area contributed by atoms with Crippen molar-refractivity contribution in [2.75, 3.05) is 0 Å². The summed E-state index contributed by atoms with van der Waals surface area (Å²) in [6, 6.07) is 7.93. The van der Waals surface area contributed by atoms with Crippen LogP contribution in [0.2, 0.25) is 0 Å². The van der Waals surface area contributed by atoms with Crippen molar-refractivity contribution in [2.45, 2.75) is 0 Å². The first kappa shape index (κ1) is 7.63. The first-order valence-electron chi connectivity index (χ1n) is 2.52. The third kappa shape index (κ3) is 1.52. The lowest BCUT2D eigenvalue weighted by Gasteiger charge is -2.01. The van der Waals surface area contributed by atoms with Gasteiger partial charge in [0.25, 0.3) is 0 Å². The highest BCUT2D eigenvalue weighted by Crippen LogP contribution is 2.26. The van der Waals surface area contributed by atoms with Gasteiger partial charge in [-0.2, -0.15) is 0 Å². The van der Waals surface area contributed by atoms with E-state index >= 15 is 0 Å². The summed E-state index contributed by atoms with van der Waals surface area (Å²) in [6.07, 6.45) is 0. The summed E-state index contributed by atoms with van der Waals surface area (Å²) in [5.41, 5.74) is 0. The molecule has 1 radical (unpaired) electrons. The predicted molar refractivity (Wildman–Crippen MR) is 44.5 cm³/mol. The standard InChI is InChI=1S/C6H5O2S2/c9-7-5-3-1-2-4-6(5)8-10/h1-3,9-10H. The molecule has 1 aromatic carbocycles. The first-order chi connectivity index (χ1) is 4.88. The average Bonchev–Trinajstić information content (AvgIpc) is 2.04. The van der Waals surface area contributed by atoms with Crippen molar-refractivity contribution < 1.29 is 8.37 Å². The van der Waals surface area contributed by atoms with Gasteiger partial charge in [-0.05, 0) is 6.07 Å². The van der Waals surface area contributed by atoms with Gasteiger partial charge in [0.05, 0.1) is 0 Å².